The lowest BCUT2D eigenvalue weighted by molar-refractivity contribution is -0.384. The average Bonchev–Trinajstić information content (AvgIpc) is 3.16. The highest BCUT2D eigenvalue weighted by molar-refractivity contribution is 9.10. The maximum atomic E-state index is 13.2. The second-order valence-corrected chi connectivity index (χ2v) is 10.5. The Balaban J connectivity index is 1.64. The largest absolute Gasteiger partial charge is 0.493 e. The third kappa shape index (κ3) is 6.10. The second kappa shape index (κ2) is 11.7. The monoisotopic (exact) mass is 596 g/mol. The van der Waals surface area contributed by atoms with Gasteiger partial charge in [-0.3, -0.25) is 19.8 Å². The van der Waals surface area contributed by atoms with Crippen LogP contribution in [0.25, 0.3) is 6.08 Å². The molecule has 1 fully saturated rings. The lowest BCUT2D eigenvalue weighted by Crippen LogP contribution is -2.27. The van der Waals surface area contributed by atoms with E-state index in [4.69, 9.17) is 21.7 Å². The Labute approximate surface area is 232 Å². The molecule has 10 heteroatoms. The summed E-state index contributed by atoms with van der Waals surface area (Å²) in [7, 11) is 1.56. The lowest BCUT2D eigenvalue weighted by Gasteiger charge is -2.16. The smallest absolute Gasteiger partial charge is 0.271 e. The van der Waals surface area contributed by atoms with Crippen LogP contribution in [0.1, 0.15) is 16.7 Å². The zero-order valence-electron chi connectivity index (χ0n) is 19.7. The number of halogens is 1. The molecule has 37 heavy (non-hydrogen) atoms. The number of allylic oxidation sites excluding steroid dienone is 1. The van der Waals surface area contributed by atoms with E-state index >= 15 is 0 Å². The number of anilines is 1. The molecule has 1 aliphatic rings. The maximum Gasteiger partial charge on any atom is 0.271 e. The molecule has 0 atom stereocenters. The fourth-order valence-corrected chi connectivity index (χ4v) is 5.28. The van der Waals surface area contributed by atoms with Crippen molar-refractivity contribution in [3.8, 4) is 11.5 Å². The third-order valence-corrected chi connectivity index (χ3v) is 7.26. The Morgan fingerprint density at radius 3 is 2.62 bits per heavy atom. The summed E-state index contributed by atoms with van der Waals surface area (Å²) in [5.41, 5.74) is 2.81. The van der Waals surface area contributed by atoms with Crippen LogP contribution in [0.4, 0.5) is 11.4 Å². The van der Waals surface area contributed by atoms with Gasteiger partial charge in [0.15, 0.2) is 15.8 Å². The van der Waals surface area contributed by atoms with Gasteiger partial charge in [-0.2, -0.15) is 0 Å². The predicted octanol–water partition coefficient (Wildman–Crippen LogP) is 7.08. The first-order valence-corrected chi connectivity index (χ1v) is 13.0. The molecule has 0 aromatic heterocycles. The first-order valence-electron chi connectivity index (χ1n) is 11.0. The number of benzene rings is 3. The van der Waals surface area contributed by atoms with Gasteiger partial charge in [-0.05, 0) is 54.0 Å². The minimum atomic E-state index is -0.509. The molecular formula is C27H21BrN2O5S2. The molecule has 1 amide bonds. The van der Waals surface area contributed by atoms with Crippen molar-refractivity contribution in [3.05, 3.63) is 110 Å². The molecule has 1 saturated heterocycles. The number of amides is 1. The van der Waals surface area contributed by atoms with E-state index in [1.165, 1.54) is 23.1 Å². The minimum absolute atomic E-state index is 0.118. The van der Waals surface area contributed by atoms with Gasteiger partial charge >= 0.3 is 0 Å². The van der Waals surface area contributed by atoms with E-state index < -0.39 is 4.92 Å². The van der Waals surface area contributed by atoms with Gasteiger partial charge in [0.25, 0.3) is 11.6 Å². The highest BCUT2D eigenvalue weighted by Gasteiger charge is 2.34. The van der Waals surface area contributed by atoms with Crippen LogP contribution in [0.5, 0.6) is 11.5 Å². The van der Waals surface area contributed by atoms with Crippen LogP contribution in [-0.2, 0) is 17.8 Å². The van der Waals surface area contributed by atoms with Crippen molar-refractivity contribution in [1.82, 2.24) is 0 Å². The first-order chi connectivity index (χ1) is 17.8. The van der Waals surface area contributed by atoms with Crippen molar-refractivity contribution in [1.29, 1.82) is 0 Å². The molecule has 0 spiro atoms. The Kier molecular flexibility index (Phi) is 8.42. The number of carbonyl (C=O) groups is 1. The first kappa shape index (κ1) is 26.6. The molecule has 0 saturated carbocycles. The van der Waals surface area contributed by atoms with Gasteiger partial charge in [0.2, 0.25) is 0 Å². The average molecular weight is 598 g/mol. The highest BCUT2D eigenvalue weighted by atomic mass is 79.9. The van der Waals surface area contributed by atoms with Crippen LogP contribution in [-0.4, -0.2) is 22.3 Å². The SMILES string of the molecule is C=CCc1cc(/C=C2/SC(=S)N(c3cccc([N+](=O)[O-])c3)C2=O)cc(OC)c1OCc1ccc(Br)cc1. The molecular weight excluding hydrogens is 576 g/mol. The summed E-state index contributed by atoms with van der Waals surface area (Å²) in [6, 6.07) is 17.4. The second-order valence-electron chi connectivity index (χ2n) is 7.91. The number of thiocarbonyl (C=S) groups is 1. The van der Waals surface area contributed by atoms with E-state index in [1.54, 1.807) is 31.4 Å². The zero-order valence-corrected chi connectivity index (χ0v) is 22.9. The Hall–Kier alpha value is -3.47. The van der Waals surface area contributed by atoms with Crippen molar-refractivity contribution in [2.24, 2.45) is 0 Å². The van der Waals surface area contributed by atoms with Gasteiger partial charge in [0, 0.05) is 22.2 Å². The normalized spacial score (nSPS) is 14.2. The molecule has 4 rings (SSSR count). The number of hydrogen-bond acceptors (Lipinski definition) is 7. The number of nitro groups is 1. The van der Waals surface area contributed by atoms with Crippen molar-refractivity contribution < 1.29 is 19.2 Å². The molecule has 0 radical (unpaired) electrons. The standard InChI is InChI=1S/C27H21BrN2O5S2/c1-3-5-19-12-18(13-23(34-2)25(19)35-16-17-8-10-20(28)11-9-17)14-24-26(31)29(27(36)37-24)21-6-4-7-22(15-21)30(32)33/h3-4,6-15H,1,5,16H2,2H3/b24-14+. The van der Waals surface area contributed by atoms with Gasteiger partial charge in [0.05, 0.1) is 22.6 Å². The summed E-state index contributed by atoms with van der Waals surface area (Å²) in [6.07, 6.45) is 4.03. The molecule has 3 aromatic rings. The van der Waals surface area contributed by atoms with Gasteiger partial charge in [0.1, 0.15) is 6.61 Å². The van der Waals surface area contributed by atoms with E-state index in [9.17, 15) is 14.9 Å². The number of rotatable bonds is 9. The number of hydrogen-bond donors (Lipinski definition) is 0. The van der Waals surface area contributed by atoms with Gasteiger partial charge < -0.3 is 9.47 Å². The van der Waals surface area contributed by atoms with Gasteiger partial charge in [-0.15, -0.1) is 6.58 Å². The molecule has 0 N–H and O–H groups in total. The summed E-state index contributed by atoms with van der Waals surface area (Å²) < 4.78 is 13.1. The van der Waals surface area contributed by atoms with Crippen LogP contribution < -0.4 is 14.4 Å². The molecule has 0 aliphatic carbocycles. The minimum Gasteiger partial charge on any atom is -0.493 e. The van der Waals surface area contributed by atoms with Crippen molar-refractivity contribution in [2.75, 3.05) is 12.0 Å². The molecule has 188 valence electrons. The number of non-ortho nitro benzene ring substituents is 1. The van der Waals surface area contributed by atoms with Gasteiger partial charge in [-0.1, -0.05) is 64.2 Å². The third-order valence-electron chi connectivity index (χ3n) is 5.42. The van der Waals surface area contributed by atoms with E-state index in [-0.39, 0.29) is 11.6 Å². The topological polar surface area (TPSA) is 81.9 Å². The lowest BCUT2D eigenvalue weighted by atomic mass is 10.0. The fraction of sp³-hybridized carbons (Fsp3) is 0.111. The van der Waals surface area contributed by atoms with Crippen LogP contribution in [0.2, 0.25) is 0 Å². The summed E-state index contributed by atoms with van der Waals surface area (Å²) >= 11 is 9.99. The Morgan fingerprint density at radius 2 is 1.95 bits per heavy atom. The molecule has 0 bridgehead atoms. The highest BCUT2D eigenvalue weighted by Crippen LogP contribution is 2.39. The van der Waals surface area contributed by atoms with Crippen molar-refractivity contribution in [2.45, 2.75) is 13.0 Å². The van der Waals surface area contributed by atoms with Crippen molar-refractivity contribution >= 4 is 67.6 Å². The predicted molar refractivity (Wildman–Crippen MR) is 154 cm³/mol. The summed E-state index contributed by atoms with van der Waals surface area (Å²) in [4.78, 5) is 25.6. The number of nitrogens with zero attached hydrogens (tertiary/aromatic N) is 2. The zero-order chi connectivity index (χ0) is 26.5. The quantitative estimate of drug-likeness (QED) is 0.0858. The van der Waals surface area contributed by atoms with E-state index in [1.807, 2.05) is 30.3 Å². The number of thioether (sulfide) groups is 1. The molecule has 1 heterocycles. The molecule has 3 aromatic carbocycles. The van der Waals surface area contributed by atoms with E-state index in [0.29, 0.717) is 39.4 Å². The number of ether oxygens (including phenoxy) is 2. The van der Waals surface area contributed by atoms with Crippen LogP contribution in [0.3, 0.4) is 0 Å². The summed E-state index contributed by atoms with van der Waals surface area (Å²) in [5.74, 6) is 0.777. The fourth-order valence-electron chi connectivity index (χ4n) is 3.71. The van der Waals surface area contributed by atoms with Crippen molar-refractivity contribution in [3.63, 3.8) is 0 Å². The summed E-state index contributed by atoms with van der Waals surface area (Å²) in [5, 5.41) is 11.2. The van der Waals surface area contributed by atoms with Crippen LogP contribution in [0, 0.1) is 10.1 Å². The van der Waals surface area contributed by atoms with Gasteiger partial charge in [-0.25, -0.2) is 0 Å². The Morgan fingerprint density at radius 1 is 1.19 bits per heavy atom. The number of nitro benzene ring substituents is 1. The number of methoxy groups -OCH3 is 1. The summed E-state index contributed by atoms with van der Waals surface area (Å²) in [6.45, 7) is 4.21. The molecule has 7 nitrogen and oxygen atoms in total. The maximum absolute atomic E-state index is 13.2. The molecule has 1 aliphatic heterocycles. The number of carbonyl (C=O) groups excluding carboxylic acids is 1. The van der Waals surface area contributed by atoms with E-state index in [0.717, 1.165) is 32.9 Å². The van der Waals surface area contributed by atoms with Crippen LogP contribution in [0.15, 0.2) is 82.7 Å². The molecule has 0 unspecified atom stereocenters. The Bertz CT molecular complexity index is 1420. The van der Waals surface area contributed by atoms with Crippen LogP contribution >= 0.6 is 39.9 Å². The van der Waals surface area contributed by atoms with E-state index in [2.05, 4.69) is 22.5 Å².